The number of hydrogen-bond acceptors (Lipinski definition) is 8. The van der Waals surface area contributed by atoms with Crippen LogP contribution in [0.4, 0.5) is 5.82 Å². The molecule has 0 unspecified atom stereocenters. The van der Waals surface area contributed by atoms with E-state index in [9.17, 15) is 9.59 Å². The van der Waals surface area contributed by atoms with E-state index in [-0.39, 0.29) is 11.7 Å². The molecule has 1 amide bonds. The van der Waals surface area contributed by atoms with Crippen molar-refractivity contribution in [3.8, 4) is 0 Å². The average molecular weight is 491 g/mol. The zero-order valence-corrected chi connectivity index (χ0v) is 20.6. The van der Waals surface area contributed by atoms with Gasteiger partial charge in [-0.15, -0.1) is 0 Å². The number of benzene rings is 2. The zero-order valence-electron chi connectivity index (χ0n) is 19.8. The van der Waals surface area contributed by atoms with E-state index in [2.05, 4.69) is 9.97 Å². The highest BCUT2D eigenvalue weighted by Gasteiger charge is 2.21. The van der Waals surface area contributed by atoms with E-state index in [1.54, 1.807) is 33.2 Å². The number of carbonyl (C=O) groups is 2. The van der Waals surface area contributed by atoms with Crippen molar-refractivity contribution in [2.45, 2.75) is 26.8 Å². The number of furan rings is 1. The van der Waals surface area contributed by atoms with Gasteiger partial charge in [0.05, 0.1) is 18.7 Å². The number of nitrogens with two attached hydrogens (primary N) is 1. The minimum Gasteiger partial charge on any atom is -0.455 e. The Morgan fingerprint density at radius 1 is 1.20 bits per heavy atom. The average Bonchev–Trinajstić information content (AvgIpc) is 3.24. The van der Waals surface area contributed by atoms with E-state index in [0.29, 0.717) is 58.4 Å². The lowest BCUT2D eigenvalue weighted by Gasteiger charge is -2.22. The number of aromatic nitrogens is 2. The fraction of sp³-hybridized carbons (Fsp3) is 0.231. The number of thioether (sulfide) groups is 1. The molecule has 0 saturated heterocycles. The van der Waals surface area contributed by atoms with Gasteiger partial charge in [-0.3, -0.25) is 9.59 Å². The third-order valence-corrected chi connectivity index (χ3v) is 6.85. The van der Waals surface area contributed by atoms with Gasteiger partial charge in [0.1, 0.15) is 22.8 Å². The van der Waals surface area contributed by atoms with Crippen LogP contribution in [-0.2, 0) is 16.1 Å². The van der Waals surface area contributed by atoms with Crippen molar-refractivity contribution >= 4 is 51.0 Å². The molecule has 4 aromatic rings. The van der Waals surface area contributed by atoms with E-state index in [0.717, 1.165) is 28.1 Å². The Labute approximate surface area is 207 Å². The first kappa shape index (κ1) is 24.4. The molecule has 0 saturated carbocycles. The van der Waals surface area contributed by atoms with Gasteiger partial charge < -0.3 is 19.8 Å². The van der Waals surface area contributed by atoms with E-state index in [1.165, 1.54) is 4.90 Å². The first-order valence-electron chi connectivity index (χ1n) is 11.0. The monoisotopic (exact) mass is 490 g/mol. The third kappa shape index (κ3) is 5.21. The van der Waals surface area contributed by atoms with E-state index in [1.807, 2.05) is 36.4 Å². The van der Waals surface area contributed by atoms with Crippen LogP contribution >= 0.6 is 11.8 Å². The standard InChI is InChI=1S/C26H26N4O4S/c1-16(30(15-31)14-18-13-28-17(2)29-25(18)27)23(11-12-33-3)35-26(32)21-9-6-8-20-19-7-4-5-10-22(19)34-24(20)21/h4-10,13,15H,11-12,14H2,1-3H3,(H2,27,28,29)/b23-16-. The second-order valence-electron chi connectivity index (χ2n) is 7.98. The molecule has 35 heavy (non-hydrogen) atoms. The van der Waals surface area contributed by atoms with Crippen LogP contribution in [-0.4, -0.2) is 40.1 Å². The summed E-state index contributed by atoms with van der Waals surface area (Å²) in [4.78, 5) is 36.0. The fourth-order valence-corrected chi connectivity index (χ4v) is 4.73. The molecule has 180 valence electrons. The van der Waals surface area contributed by atoms with Crippen molar-refractivity contribution in [1.82, 2.24) is 14.9 Å². The molecule has 2 aromatic heterocycles. The highest BCUT2D eigenvalue weighted by atomic mass is 32.2. The van der Waals surface area contributed by atoms with Gasteiger partial charge in [0.25, 0.3) is 0 Å². The van der Waals surface area contributed by atoms with Crippen molar-refractivity contribution in [3.63, 3.8) is 0 Å². The maximum atomic E-state index is 13.5. The SMILES string of the molecule is COCC/C(SC(=O)c1cccc2c1oc1ccccc12)=C(\C)N(C=O)Cc1cnc(C)nc1N. The Morgan fingerprint density at radius 2 is 1.97 bits per heavy atom. The van der Waals surface area contributed by atoms with Gasteiger partial charge in [-0.25, -0.2) is 9.97 Å². The highest BCUT2D eigenvalue weighted by molar-refractivity contribution is 8.17. The number of hydrogen-bond donors (Lipinski definition) is 1. The molecule has 0 radical (unpaired) electrons. The maximum absolute atomic E-state index is 13.5. The van der Waals surface area contributed by atoms with Crippen LogP contribution in [0.5, 0.6) is 0 Å². The van der Waals surface area contributed by atoms with E-state index >= 15 is 0 Å². The highest BCUT2D eigenvalue weighted by Crippen LogP contribution is 2.35. The summed E-state index contributed by atoms with van der Waals surface area (Å²) in [5.74, 6) is 0.869. The second kappa shape index (κ2) is 10.7. The number of carbonyl (C=O) groups excluding carboxylic acids is 2. The van der Waals surface area contributed by atoms with Gasteiger partial charge in [-0.05, 0) is 37.7 Å². The number of ether oxygens (including phenoxy) is 1. The molecule has 0 fully saturated rings. The van der Waals surface area contributed by atoms with Crippen LogP contribution in [0.1, 0.15) is 35.1 Å². The molecular formula is C26H26N4O4S. The molecule has 9 heteroatoms. The summed E-state index contributed by atoms with van der Waals surface area (Å²) in [6.07, 6.45) is 2.78. The molecule has 0 spiro atoms. The quantitative estimate of drug-likeness (QED) is 0.324. The van der Waals surface area contributed by atoms with Crippen LogP contribution in [0.25, 0.3) is 21.9 Å². The summed E-state index contributed by atoms with van der Waals surface area (Å²) in [7, 11) is 1.59. The van der Waals surface area contributed by atoms with Gasteiger partial charge in [0, 0.05) is 46.7 Å². The Hall–Kier alpha value is -3.69. The molecule has 0 aliphatic carbocycles. The number of fused-ring (bicyclic) bond motifs is 3. The zero-order chi connectivity index (χ0) is 24.9. The lowest BCUT2D eigenvalue weighted by Crippen LogP contribution is -2.22. The van der Waals surface area contributed by atoms with Crippen molar-refractivity contribution in [2.75, 3.05) is 19.5 Å². The number of amides is 1. The van der Waals surface area contributed by atoms with E-state index < -0.39 is 0 Å². The largest absolute Gasteiger partial charge is 0.455 e. The molecule has 2 N–H and O–H groups in total. The molecule has 0 atom stereocenters. The number of rotatable bonds is 9. The summed E-state index contributed by atoms with van der Waals surface area (Å²) in [6, 6.07) is 13.2. The van der Waals surface area contributed by atoms with Crippen LogP contribution in [0.3, 0.4) is 0 Å². The smallest absolute Gasteiger partial charge is 0.227 e. The number of allylic oxidation sites excluding steroid dienone is 1. The van der Waals surface area contributed by atoms with E-state index in [4.69, 9.17) is 14.9 Å². The first-order valence-corrected chi connectivity index (χ1v) is 11.9. The Morgan fingerprint density at radius 3 is 2.71 bits per heavy atom. The first-order chi connectivity index (χ1) is 16.9. The van der Waals surface area contributed by atoms with Crippen molar-refractivity contribution in [2.24, 2.45) is 0 Å². The number of methoxy groups -OCH3 is 1. The van der Waals surface area contributed by atoms with Crippen LogP contribution in [0.2, 0.25) is 0 Å². The van der Waals surface area contributed by atoms with Gasteiger partial charge in [0.2, 0.25) is 11.5 Å². The Balaban J connectivity index is 1.67. The summed E-state index contributed by atoms with van der Waals surface area (Å²) in [5, 5.41) is 1.67. The van der Waals surface area contributed by atoms with Crippen LogP contribution in [0, 0.1) is 6.92 Å². The molecule has 0 bridgehead atoms. The van der Waals surface area contributed by atoms with Crippen molar-refractivity contribution in [3.05, 3.63) is 76.2 Å². The molecule has 0 aliphatic heterocycles. The summed E-state index contributed by atoms with van der Waals surface area (Å²) in [6.45, 7) is 4.12. The van der Waals surface area contributed by atoms with Gasteiger partial charge in [-0.2, -0.15) is 0 Å². The van der Waals surface area contributed by atoms with Gasteiger partial charge >= 0.3 is 0 Å². The van der Waals surface area contributed by atoms with Crippen LogP contribution < -0.4 is 5.73 Å². The fourth-order valence-electron chi connectivity index (χ4n) is 3.79. The number of para-hydroxylation sites is 2. The number of aryl methyl sites for hydroxylation is 1. The lowest BCUT2D eigenvalue weighted by molar-refractivity contribution is -0.116. The van der Waals surface area contributed by atoms with Gasteiger partial charge in [0.15, 0.2) is 0 Å². The molecule has 2 aromatic carbocycles. The maximum Gasteiger partial charge on any atom is 0.227 e. The molecule has 4 rings (SSSR count). The van der Waals surface area contributed by atoms with Crippen molar-refractivity contribution in [1.29, 1.82) is 0 Å². The lowest BCUT2D eigenvalue weighted by atomic mass is 10.1. The predicted octanol–water partition coefficient (Wildman–Crippen LogP) is 5.07. The minimum absolute atomic E-state index is 0.177. The number of anilines is 1. The molecular weight excluding hydrogens is 464 g/mol. The molecule has 2 heterocycles. The number of nitrogen functional groups attached to an aromatic ring is 1. The topological polar surface area (TPSA) is 112 Å². The normalized spacial score (nSPS) is 12.1. The van der Waals surface area contributed by atoms with Crippen molar-refractivity contribution < 1.29 is 18.7 Å². The Kier molecular flexibility index (Phi) is 7.48. The summed E-state index contributed by atoms with van der Waals surface area (Å²) in [5.41, 5.74) is 9.02. The van der Waals surface area contributed by atoms with Crippen LogP contribution in [0.15, 0.2) is 63.7 Å². The predicted molar refractivity (Wildman–Crippen MR) is 138 cm³/mol. The van der Waals surface area contributed by atoms with Gasteiger partial charge in [-0.1, -0.05) is 30.3 Å². The molecule has 8 nitrogen and oxygen atoms in total. The number of nitrogens with zero attached hydrogens (tertiary/aromatic N) is 3. The minimum atomic E-state index is -0.177. The second-order valence-corrected chi connectivity index (χ2v) is 9.05. The summed E-state index contributed by atoms with van der Waals surface area (Å²) < 4.78 is 11.3. The third-order valence-electron chi connectivity index (χ3n) is 5.69. The molecule has 0 aliphatic rings. The summed E-state index contributed by atoms with van der Waals surface area (Å²) >= 11 is 1.07. The Bertz CT molecular complexity index is 1430.